The third-order valence-electron chi connectivity index (χ3n) is 2.75. The van der Waals surface area contributed by atoms with Crippen molar-refractivity contribution in [2.75, 3.05) is 6.54 Å². The molecular formula is C11H16ClN3. The summed E-state index contributed by atoms with van der Waals surface area (Å²) in [5, 5.41) is 12.1. The van der Waals surface area contributed by atoms with Gasteiger partial charge in [-0.2, -0.15) is 5.11 Å². The molecule has 0 saturated heterocycles. The average molecular weight is 226 g/mol. The van der Waals surface area contributed by atoms with Gasteiger partial charge in [-0.15, -0.1) is 16.7 Å². The van der Waals surface area contributed by atoms with E-state index >= 15 is 0 Å². The molecule has 1 aliphatic heterocycles. The average Bonchev–Trinajstić information content (AvgIpc) is 2.30. The number of nitrogens with one attached hydrogen (secondary N) is 1. The van der Waals surface area contributed by atoms with Crippen molar-refractivity contribution in [3.8, 4) is 0 Å². The van der Waals surface area contributed by atoms with E-state index in [9.17, 15) is 0 Å². The maximum Gasteiger partial charge on any atom is 0.148 e. The van der Waals surface area contributed by atoms with Crippen molar-refractivity contribution in [1.82, 2.24) is 5.32 Å². The number of alkyl halides is 1. The molecule has 1 saturated carbocycles. The van der Waals surface area contributed by atoms with Crippen LogP contribution in [0.1, 0.15) is 25.7 Å². The zero-order chi connectivity index (χ0) is 10.5. The lowest BCUT2D eigenvalue weighted by atomic mass is 9.96. The van der Waals surface area contributed by atoms with Gasteiger partial charge in [-0.3, -0.25) is 0 Å². The van der Waals surface area contributed by atoms with E-state index < -0.39 is 0 Å². The Bertz CT molecular complexity index is 288. The molecule has 3 nitrogen and oxygen atoms in total. The van der Waals surface area contributed by atoms with Crippen LogP contribution in [0.15, 0.2) is 34.3 Å². The monoisotopic (exact) mass is 225 g/mol. The molecule has 1 N–H and O–H groups in total. The molecule has 2 rings (SSSR count). The molecule has 1 aliphatic carbocycles. The van der Waals surface area contributed by atoms with Crippen LogP contribution in [0.2, 0.25) is 0 Å². The molecule has 0 spiro atoms. The molecule has 0 aromatic carbocycles. The Morgan fingerprint density at radius 1 is 1.27 bits per heavy atom. The molecule has 15 heavy (non-hydrogen) atoms. The van der Waals surface area contributed by atoms with E-state index in [1.807, 2.05) is 12.2 Å². The highest BCUT2D eigenvalue weighted by Crippen LogP contribution is 2.25. The number of dihydropyridines is 1. The largest absolute Gasteiger partial charge is 0.365 e. The van der Waals surface area contributed by atoms with Crippen molar-refractivity contribution in [3.05, 3.63) is 24.0 Å². The summed E-state index contributed by atoms with van der Waals surface area (Å²) < 4.78 is 0. The molecule has 1 fully saturated rings. The lowest BCUT2D eigenvalue weighted by Gasteiger charge is -2.20. The van der Waals surface area contributed by atoms with E-state index in [1.54, 1.807) is 0 Å². The number of hydrogen-bond donors (Lipinski definition) is 1. The minimum Gasteiger partial charge on any atom is -0.365 e. The lowest BCUT2D eigenvalue weighted by molar-refractivity contribution is 0.435. The number of halogens is 1. The predicted octanol–water partition coefficient (Wildman–Crippen LogP) is 2.99. The van der Waals surface area contributed by atoms with Gasteiger partial charge in [-0.1, -0.05) is 12.2 Å². The first-order valence-corrected chi connectivity index (χ1v) is 5.94. The predicted molar refractivity (Wildman–Crippen MR) is 62.0 cm³/mol. The van der Waals surface area contributed by atoms with Crippen LogP contribution in [0.4, 0.5) is 0 Å². The maximum absolute atomic E-state index is 6.03. The molecule has 0 unspecified atom stereocenters. The van der Waals surface area contributed by atoms with E-state index in [4.69, 9.17) is 11.6 Å². The van der Waals surface area contributed by atoms with Crippen molar-refractivity contribution in [2.45, 2.75) is 37.1 Å². The van der Waals surface area contributed by atoms with Crippen molar-refractivity contribution in [2.24, 2.45) is 10.2 Å². The number of hydrogen-bond acceptors (Lipinski definition) is 3. The quantitative estimate of drug-likeness (QED) is 0.569. The molecule has 0 amide bonds. The third kappa shape index (κ3) is 3.34. The van der Waals surface area contributed by atoms with Crippen LogP contribution >= 0.6 is 11.6 Å². The van der Waals surface area contributed by atoms with E-state index in [-0.39, 0.29) is 0 Å². The fourth-order valence-corrected chi connectivity index (χ4v) is 2.06. The number of nitrogens with zero attached hydrogens (tertiary/aromatic N) is 2. The van der Waals surface area contributed by atoms with E-state index in [1.165, 1.54) is 0 Å². The molecule has 0 aromatic heterocycles. The number of allylic oxidation sites excluding steroid dienone is 2. The molecule has 0 radical (unpaired) electrons. The normalized spacial score (nSPS) is 31.4. The maximum atomic E-state index is 6.03. The van der Waals surface area contributed by atoms with Crippen molar-refractivity contribution < 1.29 is 0 Å². The summed E-state index contributed by atoms with van der Waals surface area (Å²) in [6.07, 6.45) is 10.3. The first-order valence-electron chi connectivity index (χ1n) is 5.50. The van der Waals surface area contributed by atoms with Gasteiger partial charge in [0.1, 0.15) is 5.82 Å². The van der Waals surface area contributed by atoms with Crippen molar-refractivity contribution in [1.29, 1.82) is 0 Å². The van der Waals surface area contributed by atoms with Crippen molar-refractivity contribution in [3.63, 3.8) is 0 Å². The van der Waals surface area contributed by atoms with Crippen LogP contribution in [-0.2, 0) is 0 Å². The number of azo groups is 1. The van der Waals surface area contributed by atoms with E-state index in [0.29, 0.717) is 11.4 Å². The van der Waals surface area contributed by atoms with Crippen LogP contribution in [0, 0.1) is 0 Å². The van der Waals surface area contributed by atoms with Crippen LogP contribution in [0.25, 0.3) is 0 Å². The van der Waals surface area contributed by atoms with Crippen LogP contribution in [0.3, 0.4) is 0 Å². The first-order chi connectivity index (χ1) is 7.34. The standard InChI is InChI=1S/C11H16ClN3/c12-9-4-6-10(7-5-9)14-15-11-3-1-2-8-13-11/h1-3,9-10,13H,4-8H2. The minimum atomic E-state index is 0.353. The van der Waals surface area contributed by atoms with Gasteiger partial charge in [0.2, 0.25) is 0 Å². The van der Waals surface area contributed by atoms with Gasteiger partial charge in [0, 0.05) is 11.9 Å². The molecule has 0 atom stereocenters. The summed E-state index contributed by atoms with van der Waals surface area (Å²) >= 11 is 6.03. The molecular weight excluding hydrogens is 210 g/mol. The highest BCUT2D eigenvalue weighted by atomic mass is 35.5. The highest BCUT2D eigenvalue weighted by molar-refractivity contribution is 6.20. The van der Waals surface area contributed by atoms with Gasteiger partial charge in [0.05, 0.1) is 6.04 Å². The highest BCUT2D eigenvalue weighted by Gasteiger charge is 2.18. The topological polar surface area (TPSA) is 36.8 Å². The second kappa shape index (κ2) is 5.31. The van der Waals surface area contributed by atoms with E-state index in [0.717, 1.165) is 38.0 Å². The molecule has 4 heteroatoms. The van der Waals surface area contributed by atoms with Gasteiger partial charge in [-0.05, 0) is 31.8 Å². The summed E-state index contributed by atoms with van der Waals surface area (Å²) in [5.74, 6) is 0.866. The summed E-state index contributed by atoms with van der Waals surface area (Å²) in [4.78, 5) is 0. The first kappa shape index (κ1) is 10.7. The second-order valence-corrected chi connectivity index (χ2v) is 4.60. The SMILES string of the molecule is ClC1CCC(N=NC2=CC=CCN2)CC1. The Morgan fingerprint density at radius 2 is 2.07 bits per heavy atom. The molecule has 82 valence electrons. The van der Waals surface area contributed by atoms with Crippen LogP contribution in [-0.4, -0.2) is 18.0 Å². The summed E-state index contributed by atoms with van der Waals surface area (Å²) in [6.45, 7) is 0.847. The summed E-state index contributed by atoms with van der Waals surface area (Å²) in [6, 6.07) is 0.369. The fraction of sp³-hybridized carbons (Fsp3) is 0.636. The molecule has 0 aromatic rings. The summed E-state index contributed by atoms with van der Waals surface area (Å²) in [7, 11) is 0. The lowest BCUT2D eigenvalue weighted by Crippen LogP contribution is -2.18. The second-order valence-electron chi connectivity index (χ2n) is 3.98. The van der Waals surface area contributed by atoms with Crippen LogP contribution < -0.4 is 5.32 Å². The fourth-order valence-electron chi connectivity index (χ4n) is 1.81. The van der Waals surface area contributed by atoms with Crippen LogP contribution in [0.5, 0.6) is 0 Å². The third-order valence-corrected chi connectivity index (χ3v) is 3.18. The number of rotatable bonds is 2. The molecule has 2 aliphatic rings. The Kier molecular flexibility index (Phi) is 3.78. The zero-order valence-corrected chi connectivity index (χ0v) is 9.45. The molecule has 0 bridgehead atoms. The van der Waals surface area contributed by atoms with Gasteiger partial charge >= 0.3 is 0 Å². The van der Waals surface area contributed by atoms with E-state index in [2.05, 4.69) is 21.6 Å². The van der Waals surface area contributed by atoms with Gasteiger partial charge < -0.3 is 5.32 Å². The smallest absolute Gasteiger partial charge is 0.148 e. The Labute approximate surface area is 95.3 Å². The minimum absolute atomic E-state index is 0.353. The Hall–Kier alpha value is -0.830. The summed E-state index contributed by atoms with van der Waals surface area (Å²) in [5.41, 5.74) is 0. The Morgan fingerprint density at radius 3 is 2.73 bits per heavy atom. The zero-order valence-electron chi connectivity index (χ0n) is 8.69. The van der Waals surface area contributed by atoms with Gasteiger partial charge in [-0.25, -0.2) is 0 Å². The van der Waals surface area contributed by atoms with Gasteiger partial charge in [0.15, 0.2) is 0 Å². The van der Waals surface area contributed by atoms with Gasteiger partial charge in [0.25, 0.3) is 0 Å². The molecule has 1 heterocycles. The Balaban J connectivity index is 1.83. The van der Waals surface area contributed by atoms with Crippen molar-refractivity contribution >= 4 is 11.6 Å².